The van der Waals surface area contributed by atoms with Crippen molar-refractivity contribution in [3.8, 4) is 0 Å². The summed E-state index contributed by atoms with van der Waals surface area (Å²) < 4.78 is 37.8. The van der Waals surface area contributed by atoms with Crippen molar-refractivity contribution < 1.29 is 17.6 Å². The Labute approximate surface area is 140 Å². The van der Waals surface area contributed by atoms with Crippen molar-refractivity contribution in [1.29, 1.82) is 0 Å². The molecule has 24 heavy (non-hydrogen) atoms. The van der Waals surface area contributed by atoms with E-state index in [0.717, 1.165) is 4.31 Å². The van der Waals surface area contributed by atoms with Gasteiger partial charge in [0.2, 0.25) is 15.9 Å². The van der Waals surface area contributed by atoms with Crippen LogP contribution in [0.3, 0.4) is 0 Å². The largest absolute Gasteiger partial charge is 0.323 e. The summed E-state index contributed by atoms with van der Waals surface area (Å²) in [5.74, 6) is -0.716. The molecule has 5 nitrogen and oxygen atoms in total. The molecule has 7 heteroatoms. The Hall–Kier alpha value is -2.51. The molecule has 0 fully saturated rings. The zero-order valence-electron chi connectivity index (χ0n) is 13.2. The van der Waals surface area contributed by atoms with Gasteiger partial charge in [-0.15, -0.1) is 0 Å². The number of benzene rings is 2. The van der Waals surface area contributed by atoms with Crippen molar-refractivity contribution in [3.63, 3.8) is 0 Å². The molecule has 0 spiro atoms. The first-order valence-electron chi connectivity index (χ1n) is 7.06. The molecule has 0 saturated carbocycles. The highest BCUT2D eigenvalue weighted by Gasteiger charge is 2.16. The number of amides is 1. The third kappa shape index (κ3) is 4.50. The fourth-order valence-electron chi connectivity index (χ4n) is 1.85. The van der Waals surface area contributed by atoms with E-state index in [0.29, 0.717) is 11.3 Å². The highest BCUT2D eigenvalue weighted by molar-refractivity contribution is 7.89. The molecule has 126 valence electrons. The van der Waals surface area contributed by atoms with Gasteiger partial charge in [-0.25, -0.2) is 17.1 Å². The van der Waals surface area contributed by atoms with Gasteiger partial charge in [0.25, 0.3) is 0 Å². The van der Waals surface area contributed by atoms with E-state index in [1.54, 1.807) is 18.2 Å². The van der Waals surface area contributed by atoms with Gasteiger partial charge in [0.1, 0.15) is 5.82 Å². The van der Waals surface area contributed by atoms with Crippen LogP contribution in [0.1, 0.15) is 5.56 Å². The van der Waals surface area contributed by atoms with Gasteiger partial charge < -0.3 is 5.32 Å². The van der Waals surface area contributed by atoms with Crippen LogP contribution in [0.5, 0.6) is 0 Å². The maximum Gasteiger partial charge on any atom is 0.248 e. The zero-order chi connectivity index (χ0) is 17.7. The van der Waals surface area contributed by atoms with Crippen LogP contribution in [0.4, 0.5) is 10.1 Å². The monoisotopic (exact) mass is 348 g/mol. The van der Waals surface area contributed by atoms with E-state index in [1.165, 1.54) is 56.6 Å². The summed E-state index contributed by atoms with van der Waals surface area (Å²) in [4.78, 5) is 12.0. The summed E-state index contributed by atoms with van der Waals surface area (Å²) in [5, 5.41) is 2.62. The molecule has 0 aliphatic rings. The minimum atomic E-state index is -3.50. The lowest BCUT2D eigenvalue weighted by atomic mass is 10.2. The number of hydrogen-bond donors (Lipinski definition) is 1. The molecule has 1 amide bonds. The van der Waals surface area contributed by atoms with Gasteiger partial charge in [-0.3, -0.25) is 4.79 Å². The second-order valence-corrected chi connectivity index (χ2v) is 7.34. The van der Waals surface area contributed by atoms with Crippen molar-refractivity contribution in [3.05, 3.63) is 66.0 Å². The van der Waals surface area contributed by atoms with E-state index in [4.69, 9.17) is 0 Å². The highest BCUT2D eigenvalue weighted by atomic mass is 32.2. The summed E-state index contributed by atoms with van der Waals surface area (Å²) in [6.07, 6.45) is 2.87. The van der Waals surface area contributed by atoms with Crippen LogP contribution in [-0.2, 0) is 14.8 Å². The van der Waals surface area contributed by atoms with Gasteiger partial charge in [0, 0.05) is 25.9 Å². The zero-order valence-corrected chi connectivity index (χ0v) is 14.0. The van der Waals surface area contributed by atoms with Crippen molar-refractivity contribution in [2.24, 2.45) is 0 Å². The van der Waals surface area contributed by atoms with Gasteiger partial charge in [-0.05, 0) is 48.0 Å². The van der Waals surface area contributed by atoms with Gasteiger partial charge >= 0.3 is 0 Å². The summed E-state index contributed by atoms with van der Waals surface area (Å²) in [6, 6.07) is 11.6. The Morgan fingerprint density at radius 1 is 1.04 bits per heavy atom. The molecule has 0 aliphatic heterocycles. The van der Waals surface area contributed by atoms with Gasteiger partial charge in [-0.2, -0.15) is 0 Å². The number of nitrogens with one attached hydrogen (secondary N) is 1. The minimum Gasteiger partial charge on any atom is -0.323 e. The Balaban J connectivity index is 2.03. The first kappa shape index (κ1) is 17.8. The van der Waals surface area contributed by atoms with Crippen LogP contribution in [-0.4, -0.2) is 32.7 Å². The van der Waals surface area contributed by atoms with Crippen LogP contribution in [0, 0.1) is 5.82 Å². The molecule has 2 aromatic carbocycles. The molecule has 0 unspecified atom stereocenters. The second-order valence-electron chi connectivity index (χ2n) is 5.19. The number of anilines is 1. The fraction of sp³-hybridized carbons (Fsp3) is 0.118. The Bertz CT molecular complexity index is 842. The highest BCUT2D eigenvalue weighted by Crippen LogP contribution is 2.16. The first-order valence-corrected chi connectivity index (χ1v) is 8.50. The molecule has 0 bridgehead atoms. The van der Waals surface area contributed by atoms with Gasteiger partial charge in [0.15, 0.2) is 0 Å². The third-order valence-electron chi connectivity index (χ3n) is 3.20. The van der Waals surface area contributed by atoms with Crippen LogP contribution in [0.2, 0.25) is 0 Å². The Kier molecular flexibility index (Phi) is 5.48. The predicted molar refractivity (Wildman–Crippen MR) is 91.4 cm³/mol. The number of carbonyl (C=O) groups is 1. The third-order valence-corrected chi connectivity index (χ3v) is 5.03. The normalized spacial score (nSPS) is 11.8. The van der Waals surface area contributed by atoms with Gasteiger partial charge in [-0.1, -0.05) is 12.1 Å². The van der Waals surface area contributed by atoms with Crippen molar-refractivity contribution >= 4 is 27.7 Å². The number of hydrogen-bond acceptors (Lipinski definition) is 3. The molecule has 2 rings (SSSR count). The molecule has 1 N–H and O–H groups in total. The molecular formula is C17H17FN2O3S. The lowest BCUT2D eigenvalue weighted by Gasteiger charge is -2.11. The molecular weight excluding hydrogens is 331 g/mol. The number of sulfonamides is 1. The number of nitrogens with zero attached hydrogens (tertiary/aromatic N) is 1. The SMILES string of the molecule is CN(C)S(=O)(=O)c1ccc(NC(=O)/C=C/c2ccc(F)cc2)cc1. The van der Waals surface area contributed by atoms with Gasteiger partial charge in [0.05, 0.1) is 4.90 Å². The molecule has 0 atom stereocenters. The van der Waals surface area contributed by atoms with Crippen LogP contribution in [0.25, 0.3) is 6.08 Å². The number of rotatable bonds is 5. The van der Waals surface area contributed by atoms with Crippen molar-refractivity contribution in [2.45, 2.75) is 4.90 Å². The molecule has 0 aliphatic carbocycles. The summed E-state index contributed by atoms with van der Waals surface area (Å²) in [5.41, 5.74) is 1.17. The van der Waals surface area contributed by atoms with E-state index in [-0.39, 0.29) is 16.6 Å². The standard InChI is InChI=1S/C17H17FN2O3S/c1-20(2)24(22,23)16-10-8-15(9-11-16)19-17(21)12-5-13-3-6-14(18)7-4-13/h3-12H,1-2H3,(H,19,21)/b12-5+. The van der Waals surface area contributed by atoms with E-state index in [1.807, 2.05) is 0 Å². The summed E-state index contributed by atoms with van der Waals surface area (Å²) in [7, 11) is -0.597. The maximum absolute atomic E-state index is 12.8. The fourth-order valence-corrected chi connectivity index (χ4v) is 2.75. The van der Waals surface area contributed by atoms with Crippen LogP contribution >= 0.6 is 0 Å². The van der Waals surface area contributed by atoms with Crippen molar-refractivity contribution in [2.75, 3.05) is 19.4 Å². The van der Waals surface area contributed by atoms with E-state index in [2.05, 4.69) is 5.32 Å². The smallest absolute Gasteiger partial charge is 0.248 e. The van der Waals surface area contributed by atoms with Crippen LogP contribution in [0.15, 0.2) is 59.5 Å². The Morgan fingerprint density at radius 3 is 2.17 bits per heavy atom. The molecule has 0 saturated heterocycles. The van der Waals surface area contributed by atoms with E-state index in [9.17, 15) is 17.6 Å². The topological polar surface area (TPSA) is 66.5 Å². The molecule has 2 aromatic rings. The average Bonchev–Trinajstić information content (AvgIpc) is 2.54. The molecule has 0 aromatic heterocycles. The van der Waals surface area contributed by atoms with E-state index >= 15 is 0 Å². The average molecular weight is 348 g/mol. The van der Waals surface area contributed by atoms with E-state index < -0.39 is 10.0 Å². The predicted octanol–water partition coefficient (Wildman–Crippen LogP) is 2.73. The quantitative estimate of drug-likeness (QED) is 0.845. The molecule has 0 radical (unpaired) electrons. The van der Waals surface area contributed by atoms with Crippen molar-refractivity contribution in [1.82, 2.24) is 4.31 Å². The second kappa shape index (κ2) is 7.37. The summed E-state index contributed by atoms with van der Waals surface area (Å²) >= 11 is 0. The first-order chi connectivity index (χ1) is 11.3. The summed E-state index contributed by atoms with van der Waals surface area (Å²) in [6.45, 7) is 0. The number of halogens is 1. The lowest BCUT2D eigenvalue weighted by molar-refractivity contribution is -0.111. The minimum absolute atomic E-state index is 0.146. The lowest BCUT2D eigenvalue weighted by Crippen LogP contribution is -2.22. The van der Waals surface area contributed by atoms with Crippen LogP contribution < -0.4 is 5.32 Å². The maximum atomic E-state index is 12.8. The Morgan fingerprint density at radius 2 is 1.62 bits per heavy atom. The number of carbonyl (C=O) groups excluding carboxylic acids is 1. The molecule has 0 heterocycles.